The largest absolute Gasteiger partial charge is 0.502 e. The van der Waals surface area contributed by atoms with Gasteiger partial charge in [-0.15, -0.1) is 0 Å². The maximum Gasteiger partial charge on any atom is 0.502 e. The van der Waals surface area contributed by atoms with E-state index in [1.54, 1.807) is 6.08 Å². The topological polar surface area (TPSA) is 44.8 Å². The van der Waals surface area contributed by atoms with Crippen LogP contribution in [0.5, 0.6) is 0 Å². The van der Waals surface area contributed by atoms with Crippen LogP contribution in [0.2, 0.25) is 0 Å². The molecule has 2 saturated carbocycles. The molecular weight excluding hydrogens is 327 g/mol. The summed E-state index contributed by atoms with van der Waals surface area (Å²) in [6.45, 7) is 8.82. The van der Waals surface area contributed by atoms with Gasteiger partial charge < -0.3 is 14.0 Å². The summed E-state index contributed by atoms with van der Waals surface area (Å²) in [5.74, 6) is -0.0504. The number of methoxy groups -OCH3 is 1. The molecule has 0 amide bonds. The number of allylic oxidation sites excluding steroid dienone is 1. The summed E-state index contributed by atoms with van der Waals surface area (Å²) in [7, 11) is 0.705. The van der Waals surface area contributed by atoms with Crippen molar-refractivity contribution in [2.75, 3.05) is 7.11 Å². The van der Waals surface area contributed by atoms with Crippen LogP contribution in [0.1, 0.15) is 46.1 Å². The number of hydrogen-bond acceptors (Lipinski definition) is 4. The molecule has 26 heavy (non-hydrogen) atoms. The first-order valence-corrected chi connectivity index (χ1v) is 9.46. The Morgan fingerprint density at radius 2 is 1.96 bits per heavy atom. The summed E-state index contributed by atoms with van der Waals surface area (Å²) in [5.41, 5.74) is 1.16. The molecule has 1 aromatic carbocycles. The summed E-state index contributed by atoms with van der Waals surface area (Å²) in [6, 6.07) is 10.4. The third-order valence-corrected chi connectivity index (χ3v) is 7.55. The Bertz CT molecular complexity index is 759. The summed E-state index contributed by atoms with van der Waals surface area (Å²) in [5, 5.41) is 0. The molecule has 4 nitrogen and oxygen atoms in total. The van der Waals surface area contributed by atoms with Gasteiger partial charge in [-0.2, -0.15) is 0 Å². The maximum atomic E-state index is 12.2. The summed E-state index contributed by atoms with van der Waals surface area (Å²) >= 11 is 0. The zero-order valence-corrected chi connectivity index (χ0v) is 16.2. The van der Waals surface area contributed by atoms with Gasteiger partial charge in [0.1, 0.15) is 5.60 Å². The number of hydrogen-bond donors (Lipinski definition) is 0. The lowest BCUT2D eigenvalue weighted by Gasteiger charge is -2.41. The highest BCUT2D eigenvalue weighted by atomic mass is 16.7. The first-order valence-electron chi connectivity index (χ1n) is 9.46. The number of benzene rings is 1. The van der Waals surface area contributed by atoms with Gasteiger partial charge in [-0.05, 0) is 36.7 Å². The minimum Gasteiger partial charge on any atom is -0.466 e. The van der Waals surface area contributed by atoms with Crippen LogP contribution in [0.15, 0.2) is 41.9 Å². The van der Waals surface area contributed by atoms with Gasteiger partial charge in [-0.1, -0.05) is 57.2 Å². The van der Waals surface area contributed by atoms with E-state index in [1.807, 2.05) is 13.0 Å². The minimum atomic E-state index is -0.686. The van der Waals surface area contributed by atoms with Crippen LogP contribution in [0, 0.1) is 16.7 Å². The van der Waals surface area contributed by atoms with E-state index in [1.165, 1.54) is 7.11 Å². The molecular formula is C21H27BO4. The molecule has 2 unspecified atom stereocenters. The van der Waals surface area contributed by atoms with Crippen molar-refractivity contribution in [2.45, 2.75) is 52.2 Å². The summed E-state index contributed by atoms with van der Waals surface area (Å²) in [4.78, 5) is 12.2. The Morgan fingerprint density at radius 1 is 1.27 bits per heavy atom. The van der Waals surface area contributed by atoms with Crippen molar-refractivity contribution >= 4 is 13.1 Å². The van der Waals surface area contributed by atoms with E-state index in [4.69, 9.17) is 14.0 Å². The van der Waals surface area contributed by atoms with Crippen molar-refractivity contribution in [2.24, 2.45) is 16.7 Å². The third-order valence-electron chi connectivity index (χ3n) is 7.55. The molecule has 1 heterocycles. The Hall–Kier alpha value is -1.59. The zero-order valence-electron chi connectivity index (χ0n) is 16.2. The lowest BCUT2D eigenvalue weighted by Crippen LogP contribution is -2.45. The van der Waals surface area contributed by atoms with Crippen LogP contribution in [0.25, 0.3) is 0 Å². The quantitative estimate of drug-likeness (QED) is 0.469. The van der Waals surface area contributed by atoms with Crippen LogP contribution in [0.4, 0.5) is 0 Å². The lowest BCUT2D eigenvalue weighted by atomic mass is 9.69. The van der Waals surface area contributed by atoms with E-state index < -0.39 is 18.7 Å². The molecule has 4 rings (SSSR count). The minimum absolute atomic E-state index is 0.00275. The van der Waals surface area contributed by atoms with Gasteiger partial charge >= 0.3 is 13.1 Å². The second kappa shape index (κ2) is 5.70. The molecule has 0 spiro atoms. The predicted molar refractivity (Wildman–Crippen MR) is 100 cm³/mol. The fourth-order valence-corrected chi connectivity index (χ4v) is 5.85. The highest BCUT2D eigenvalue weighted by Crippen LogP contribution is 2.75. The third kappa shape index (κ3) is 1.96. The summed E-state index contributed by atoms with van der Waals surface area (Å²) < 4.78 is 18.1. The molecule has 3 fully saturated rings. The van der Waals surface area contributed by atoms with E-state index in [-0.39, 0.29) is 16.9 Å². The van der Waals surface area contributed by atoms with Crippen molar-refractivity contribution < 1.29 is 18.8 Å². The van der Waals surface area contributed by atoms with E-state index in [0.717, 1.165) is 18.4 Å². The molecule has 0 aromatic heterocycles. The van der Waals surface area contributed by atoms with Gasteiger partial charge in [0.15, 0.2) is 0 Å². The van der Waals surface area contributed by atoms with Gasteiger partial charge in [-0.25, -0.2) is 4.79 Å². The fourth-order valence-electron chi connectivity index (χ4n) is 5.85. The average Bonchev–Trinajstić information content (AvgIpc) is 3.19. The normalized spacial score (nSPS) is 37.7. The second-order valence-corrected chi connectivity index (χ2v) is 8.59. The molecule has 1 aliphatic heterocycles. The number of fused-ring (bicyclic) bond motifs is 5. The monoisotopic (exact) mass is 354 g/mol. The van der Waals surface area contributed by atoms with Crippen LogP contribution in [0.3, 0.4) is 0 Å². The zero-order chi connectivity index (χ0) is 18.7. The SMILES string of the molecule is C/C=C(/B1O[C@@H]2C3(C)CCC(C3(C)C)[C@]2(c2ccccc2)O1)C(=O)OC. The van der Waals surface area contributed by atoms with E-state index in [0.29, 0.717) is 11.4 Å². The maximum absolute atomic E-state index is 12.2. The highest BCUT2D eigenvalue weighted by molar-refractivity contribution is 6.61. The van der Waals surface area contributed by atoms with Gasteiger partial charge in [0.05, 0.1) is 18.7 Å². The molecule has 1 aromatic rings. The van der Waals surface area contributed by atoms with E-state index in [2.05, 4.69) is 45.0 Å². The Kier molecular flexibility index (Phi) is 3.91. The lowest BCUT2D eigenvalue weighted by molar-refractivity contribution is -0.135. The first kappa shape index (κ1) is 17.8. The molecule has 2 bridgehead atoms. The van der Waals surface area contributed by atoms with Gasteiger partial charge in [-0.3, -0.25) is 0 Å². The van der Waals surface area contributed by atoms with E-state index in [9.17, 15) is 4.79 Å². The van der Waals surface area contributed by atoms with Gasteiger partial charge in [0.2, 0.25) is 0 Å². The van der Waals surface area contributed by atoms with Crippen molar-refractivity contribution in [3.8, 4) is 0 Å². The molecule has 3 aliphatic rings. The molecule has 4 atom stereocenters. The molecule has 0 radical (unpaired) electrons. The summed E-state index contributed by atoms with van der Waals surface area (Å²) in [6.07, 6.45) is 3.87. The number of ether oxygens (including phenoxy) is 1. The number of rotatable bonds is 3. The Labute approximate surface area is 156 Å². The van der Waals surface area contributed by atoms with Gasteiger partial charge in [0.25, 0.3) is 0 Å². The van der Waals surface area contributed by atoms with Crippen LogP contribution >= 0.6 is 0 Å². The van der Waals surface area contributed by atoms with Crippen molar-refractivity contribution in [1.29, 1.82) is 0 Å². The molecule has 0 N–H and O–H groups in total. The van der Waals surface area contributed by atoms with Crippen molar-refractivity contribution in [3.05, 3.63) is 47.4 Å². The van der Waals surface area contributed by atoms with Crippen molar-refractivity contribution in [1.82, 2.24) is 0 Å². The smallest absolute Gasteiger partial charge is 0.466 e. The van der Waals surface area contributed by atoms with Crippen molar-refractivity contribution in [3.63, 3.8) is 0 Å². The standard InChI is InChI=1S/C21H27BO4/c1-6-15(17(23)24-5)22-25-18-20(4)13-12-16(19(20,2)3)21(18,26-22)14-10-8-7-9-11-14/h6-11,16,18H,12-13H2,1-5H3/b15-6+/t16?,18-,20?,21+/m1/s1. The molecule has 1 saturated heterocycles. The highest BCUT2D eigenvalue weighted by Gasteiger charge is 2.78. The average molecular weight is 354 g/mol. The number of carbonyl (C=O) groups is 1. The Morgan fingerprint density at radius 3 is 2.58 bits per heavy atom. The van der Waals surface area contributed by atoms with Crippen LogP contribution in [-0.4, -0.2) is 26.3 Å². The number of carbonyl (C=O) groups excluding carboxylic acids is 1. The molecule has 2 aliphatic carbocycles. The predicted octanol–water partition coefficient (Wildman–Crippen LogP) is 3.90. The molecule has 5 heteroatoms. The van der Waals surface area contributed by atoms with Gasteiger partial charge in [0, 0.05) is 5.41 Å². The fraction of sp³-hybridized carbons (Fsp3) is 0.571. The van der Waals surface area contributed by atoms with Crippen LogP contribution < -0.4 is 0 Å². The van der Waals surface area contributed by atoms with E-state index >= 15 is 0 Å². The number of esters is 1. The van der Waals surface area contributed by atoms with Crippen LogP contribution in [-0.2, 0) is 24.4 Å². The Balaban J connectivity index is 1.84. The first-order chi connectivity index (χ1) is 12.3. The second-order valence-electron chi connectivity index (χ2n) is 8.59. The molecule has 138 valence electrons.